The number of anilines is 1. The Kier molecular flexibility index (Phi) is 6.24. The molecule has 0 saturated heterocycles. The van der Waals surface area contributed by atoms with Gasteiger partial charge < -0.3 is 10.1 Å². The lowest BCUT2D eigenvalue weighted by atomic mass is 10.1. The predicted molar refractivity (Wildman–Crippen MR) is 126 cm³/mol. The van der Waals surface area contributed by atoms with Gasteiger partial charge in [0.2, 0.25) is 0 Å². The van der Waals surface area contributed by atoms with E-state index >= 15 is 0 Å². The van der Waals surface area contributed by atoms with Crippen molar-refractivity contribution in [3.63, 3.8) is 0 Å². The molecule has 11 heteroatoms. The van der Waals surface area contributed by atoms with Gasteiger partial charge in [0.1, 0.15) is 10.6 Å². The first-order valence-electron chi connectivity index (χ1n) is 10.2. The molecule has 2 heterocycles. The number of rotatable bonds is 6. The topological polar surface area (TPSA) is 129 Å². The zero-order chi connectivity index (χ0) is 24.4. The van der Waals surface area contributed by atoms with Gasteiger partial charge in [0, 0.05) is 17.0 Å². The average molecular weight is 480 g/mol. The van der Waals surface area contributed by atoms with Crippen LogP contribution in [0.4, 0.5) is 11.5 Å². The van der Waals surface area contributed by atoms with Crippen LogP contribution in [-0.4, -0.2) is 38.2 Å². The van der Waals surface area contributed by atoms with Gasteiger partial charge in [-0.2, -0.15) is 9.78 Å². The summed E-state index contributed by atoms with van der Waals surface area (Å²) < 4.78 is 6.41. The number of carbonyl (C=O) groups excluding carboxylic acids is 2. The fourth-order valence-electron chi connectivity index (χ4n) is 3.41. The van der Waals surface area contributed by atoms with Gasteiger partial charge in [0.25, 0.3) is 11.6 Å². The Balaban J connectivity index is 1.81. The van der Waals surface area contributed by atoms with Crippen molar-refractivity contribution >= 4 is 45.9 Å². The minimum Gasteiger partial charge on any atom is -0.462 e. The van der Waals surface area contributed by atoms with Crippen molar-refractivity contribution in [1.82, 2.24) is 14.8 Å². The summed E-state index contributed by atoms with van der Waals surface area (Å²) in [7, 11) is 0. The van der Waals surface area contributed by atoms with Crippen molar-refractivity contribution in [3.05, 3.63) is 86.6 Å². The fraction of sp³-hybridized carbons (Fsp3) is 0.130. The third-order valence-corrected chi connectivity index (χ3v) is 5.35. The lowest BCUT2D eigenvalue weighted by Gasteiger charge is -2.12. The minimum absolute atomic E-state index is 0.00581. The zero-order valence-corrected chi connectivity index (χ0v) is 18.9. The number of pyridine rings is 1. The summed E-state index contributed by atoms with van der Waals surface area (Å²) in [6.45, 7) is 3.68. The van der Waals surface area contributed by atoms with Gasteiger partial charge in [0.15, 0.2) is 11.6 Å². The monoisotopic (exact) mass is 479 g/mol. The number of carbonyl (C=O) groups is 2. The summed E-state index contributed by atoms with van der Waals surface area (Å²) in [6, 6.07) is 13.0. The third-order valence-electron chi connectivity index (χ3n) is 5.03. The van der Waals surface area contributed by atoms with Crippen molar-refractivity contribution in [3.8, 4) is 5.82 Å². The predicted octanol–water partition coefficient (Wildman–Crippen LogP) is 4.72. The van der Waals surface area contributed by atoms with E-state index in [4.69, 9.17) is 16.3 Å². The summed E-state index contributed by atoms with van der Waals surface area (Å²) in [5.74, 6) is -1.01. The number of aromatic nitrogens is 3. The van der Waals surface area contributed by atoms with Crippen LogP contribution in [0.3, 0.4) is 0 Å². The van der Waals surface area contributed by atoms with Crippen LogP contribution in [0.25, 0.3) is 16.7 Å². The van der Waals surface area contributed by atoms with E-state index in [1.54, 1.807) is 13.0 Å². The van der Waals surface area contributed by atoms with Gasteiger partial charge in [-0.25, -0.2) is 9.78 Å². The standard InChI is InChI=1S/C23H18ClN5O5/c1-3-34-23(31)16-12-25-28(20-10-13(2)15-6-4-5-7-18(15)26-20)21(16)27-22(30)14-8-9-17(24)19(11-14)29(32)33/h4-12H,3H2,1-2H3,(H,27,30). The maximum absolute atomic E-state index is 13.0. The number of benzene rings is 2. The molecule has 4 rings (SSSR count). The van der Waals surface area contributed by atoms with Crippen LogP contribution >= 0.6 is 11.6 Å². The van der Waals surface area contributed by atoms with E-state index in [2.05, 4.69) is 15.4 Å². The number of aryl methyl sites for hydroxylation is 1. The molecule has 0 radical (unpaired) electrons. The van der Waals surface area contributed by atoms with Crippen molar-refractivity contribution in [2.24, 2.45) is 0 Å². The number of nitrogens with zero attached hydrogens (tertiary/aromatic N) is 4. The molecule has 10 nitrogen and oxygen atoms in total. The SMILES string of the molecule is CCOC(=O)c1cnn(-c2cc(C)c3ccccc3n2)c1NC(=O)c1ccc(Cl)c([N+](=O)[O-])c1. The second kappa shape index (κ2) is 9.28. The van der Waals surface area contributed by atoms with Crippen molar-refractivity contribution in [2.75, 3.05) is 11.9 Å². The number of nitrogens with one attached hydrogen (secondary N) is 1. The number of fused-ring (bicyclic) bond motifs is 1. The maximum atomic E-state index is 13.0. The lowest BCUT2D eigenvalue weighted by molar-refractivity contribution is -0.384. The second-order valence-corrected chi connectivity index (χ2v) is 7.64. The maximum Gasteiger partial charge on any atom is 0.343 e. The fourth-order valence-corrected chi connectivity index (χ4v) is 3.60. The quantitative estimate of drug-likeness (QED) is 0.240. The number of hydrogen-bond donors (Lipinski definition) is 1. The zero-order valence-electron chi connectivity index (χ0n) is 18.1. The molecular formula is C23H18ClN5O5. The normalized spacial score (nSPS) is 10.8. The molecule has 1 N–H and O–H groups in total. The van der Waals surface area contributed by atoms with E-state index in [0.29, 0.717) is 11.3 Å². The molecule has 0 aliphatic carbocycles. The van der Waals surface area contributed by atoms with E-state index in [1.807, 2.05) is 31.2 Å². The molecule has 0 aliphatic heterocycles. The van der Waals surface area contributed by atoms with E-state index in [0.717, 1.165) is 17.0 Å². The highest BCUT2D eigenvalue weighted by Gasteiger charge is 2.24. The summed E-state index contributed by atoms with van der Waals surface area (Å²) in [5.41, 5.74) is 1.18. The molecule has 172 valence electrons. The van der Waals surface area contributed by atoms with Crippen LogP contribution in [-0.2, 0) is 4.74 Å². The Hall–Kier alpha value is -4.31. The number of para-hydroxylation sites is 1. The van der Waals surface area contributed by atoms with Gasteiger partial charge >= 0.3 is 5.97 Å². The number of nitro benzene ring substituents is 1. The van der Waals surface area contributed by atoms with E-state index in [-0.39, 0.29) is 28.6 Å². The highest BCUT2D eigenvalue weighted by molar-refractivity contribution is 6.32. The molecule has 0 atom stereocenters. The average Bonchev–Trinajstić information content (AvgIpc) is 3.22. The van der Waals surface area contributed by atoms with E-state index in [9.17, 15) is 19.7 Å². The molecule has 0 saturated carbocycles. The van der Waals surface area contributed by atoms with Crippen molar-refractivity contribution in [1.29, 1.82) is 0 Å². The largest absolute Gasteiger partial charge is 0.462 e. The van der Waals surface area contributed by atoms with Crippen LogP contribution in [0.5, 0.6) is 0 Å². The highest BCUT2D eigenvalue weighted by atomic mass is 35.5. The number of hydrogen-bond acceptors (Lipinski definition) is 7. The number of ether oxygens (including phenoxy) is 1. The van der Waals surface area contributed by atoms with Gasteiger partial charge in [0.05, 0.1) is 23.2 Å². The van der Waals surface area contributed by atoms with Crippen LogP contribution < -0.4 is 5.32 Å². The molecule has 4 aromatic rings. The summed E-state index contributed by atoms with van der Waals surface area (Å²) in [4.78, 5) is 40.7. The number of halogens is 1. The van der Waals surface area contributed by atoms with Crippen LogP contribution in [0.15, 0.2) is 54.7 Å². The Bertz CT molecular complexity index is 1450. The molecule has 2 aromatic carbocycles. The molecule has 0 aliphatic rings. The minimum atomic E-state index is -0.704. The number of amides is 1. The molecule has 2 aromatic heterocycles. The summed E-state index contributed by atoms with van der Waals surface area (Å²) in [6.07, 6.45) is 1.27. The first-order valence-corrected chi connectivity index (χ1v) is 10.5. The Morgan fingerprint density at radius 2 is 1.97 bits per heavy atom. The van der Waals surface area contributed by atoms with Crippen LogP contribution in [0, 0.1) is 17.0 Å². The number of nitro groups is 1. The first-order chi connectivity index (χ1) is 16.3. The highest BCUT2D eigenvalue weighted by Crippen LogP contribution is 2.27. The van der Waals surface area contributed by atoms with Gasteiger partial charge in [-0.15, -0.1) is 0 Å². The molecule has 0 spiro atoms. The second-order valence-electron chi connectivity index (χ2n) is 7.23. The first kappa shape index (κ1) is 22.9. The van der Waals surface area contributed by atoms with E-state index < -0.39 is 22.5 Å². The third kappa shape index (κ3) is 4.30. The summed E-state index contributed by atoms with van der Waals surface area (Å²) in [5, 5.41) is 18.9. The Labute approximate surface area is 198 Å². The van der Waals surface area contributed by atoms with Crippen LogP contribution in [0.1, 0.15) is 33.2 Å². The molecule has 1 amide bonds. The van der Waals surface area contributed by atoms with Crippen LogP contribution in [0.2, 0.25) is 5.02 Å². The molecule has 0 unspecified atom stereocenters. The van der Waals surface area contributed by atoms with Crippen molar-refractivity contribution in [2.45, 2.75) is 13.8 Å². The molecule has 34 heavy (non-hydrogen) atoms. The Morgan fingerprint density at radius 1 is 1.21 bits per heavy atom. The van der Waals surface area contributed by atoms with Crippen molar-refractivity contribution < 1.29 is 19.2 Å². The smallest absolute Gasteiger partial charge is 0.343 e. The molecule has 0 bridgehead atoms. The van der Waals surface area contributed by atoms with Gasteiger partial charge in [-0.05, 0) is 43.7 Å². The summed E-state index contributed by atoms with van der Waals surface area (Å²) >= 11 is 5.85. The Morgan fingerprint density at radius 3 is 2.71 bits per heavy atom. The van der Waals surface area contributed by atoms with E-state index in [1.165, 1.54) is 23.0 Å². The number of esters is 1. The molecular weight excluding hydrogens is 462 g/mol. The lowest BCUT2D eigenvalue weighted by Crippen LogP contribution is -2.18. The molecule has 0 fully saturated rings. The van der Waals surface area contributed by atoms with Gasteiger partial charge in [-0.3, -0.25) is 14.9 Å². The van der Waals surface area contributed by atoms with Gasteiger partial charge in [-0.1, -0.05) is 29.8 Å².